The minimum Gasteiger partial charge on any atom is -0.465 e. The van der Waals surface area contributed by atoms with Gasteiger partial charge in [-0.15, -0.1) is 6.58 Å². The minimum absolute atomic E-state index is 0.339. The van der Waals surface area contributed by atoms with Crippen molar-refractivity contribution >= 4 is 5.97 Å². The molecule has 1 atom stereocenters. The normalized spacial score (nSPS) is 13.9. The van der Waals surface area contributed by atoms with Crippen LogP contribution in [0.3, 0.4) is 0 Å². The average Bonchev–Trinajstić information content (AvgIpc) is 2.28. The molecule has 0 aliphatic rings. The summed E-state index contributed by atoms with van der Waals surface area (Å²) in [5.41, 5.74) is 7.17. The van der Waals surface area contributed by atoms with Crippen molar-refractivity contribution in [3.8, 4) is 0 Å². The topological polar surface area (TPSA) is 52.3 Å². The molecule has 0 radical (unpaired) electrons. The number of methoxy groups -OCH3 is 1. The van der Waals surface area contributed by atoms with Gasteiger partial charge in [-0.2, -0.15) is 0 Å². The van der Waals surface area contributed by atoms with Crippen LogP contribution in [0.25, 0.3) is 0 Å². The lowest BCUT2D eigenvalue weighted by Crippen LogP contribution is -2.32. The molecule has 86 valence electrons. The van der Waals surface area contributed by atoms with Crippen molar-refractivity contribution in [2.75, 3.05) is 7.11 Å². The monoisotopic (exact) mass is 219 g/mol. The molecule has 0 heterocycles. The molecule has 0 spiro atoms. The summed E-state index contributed by atoms with van der Waals surface area (Å²) in [5, 5.41) is 0. The number of benzene rings is 1. The van der Waals surface area contributed by atoms with E-state index >= 15 is 0 Å². The molecule has 1 aromatic carbocycles. The number of carbonyl (C=O) groups excluding carboxylic acids is 1. The summed E-state index contributed by atoms with van der Waals surface area (Å²) < 4.78 is 4.62. The van der Waals surface area contributed by atoms with E-state index in [1.54, 1.807) is 18.2 Å². The molecule has 0 aliphatic carbocycles. The van der Waals surface area contributed by atoms with Gasteiger partial charge >= 0.3 is 5.97 Å². The van der Waals surface area contributed by atoms with Gasteiger partial charge in [0.25, 0.3) is 0 Å². The third-order valence-electron chi connectivity index (χ3n) is 2.53. The van der Waals surface area contributed by atoms with Gasteiger partial charge in [-0.1, -0.05) is 18.2 Å². The molecule has 0 bridgehead atoms. The highest BCUT2D eigenvalue weighted by atomic mass is 16.5. The molecule has 2 N–H and O–H groups in total. The first kappa shape index (κ1) is 12.5. The number of hydrogen-bond donors (Lipinski definition) is 1. The molecule has 0 aliphatic heterocycles. The van der Waals surface area contributed by atoms with E-state index in [4.69, 9.17) is 5.73 Å². The van der Waals surface area contributed by atoms with Crippen LogP contribution in [-0.4, -0.2) is 13.1 Å². The van der Waals surface area contributed by atoms with Crippen LogP contribution in [0.5, 0.6) is 0 Å². The summed E-state index contributed by atoms with van der Waals surface area (Å²) in [4.78, 5) is 11.2. The summed E-state index contributed by atoms with van der Waals surface area (Å²) in [6, 6.07) is 7.12. The summed E-state index contributed by atoms with van der Waals surface area (Å²) >= 11 is 0. The Balaban J connectivity index is 2.94. The zero-order valence-corrected chi connectivity index (χ0v) is 9.69. The van der Waals surface area contributed by atoms with Crippen LogP contribution in [0.2, 0.25) is 0 Å². The van der Waals surface area contributed by atoms with E-state index in [1.807, 2.05) is 19.1 Å². The molecule has 0 fully saturated rings. The van der Waals surface area contributed by atoms with E-state index in [0.717, 1.165) is 5.56 Å². The smallest absolute Gasteiger partial charge is 0.337 e. The number of nitrogens with two attached hydrogens (primary N) is 1. The Morgan fingerprint density at radius 1 is 1.50 bits per heavy atom. The fourth-order valence-electron chi connectivity index (χ4n) is 1.52. The zero-order chi connectivity index (χ0) is 12.2. The Labute approximate surface area is 95.9 Å². The van der Waals surface area contributed by atoms with Crippen molar-refractivity contribution in [1.29, 1.82) is 0 Å². The maximum absolute atomic E-state index is 11.2. The van der Waals surface area contributed by atoms with E-state index in [-0.39, 0.29) is 5.97 Å². The lowest BCUT2D eigenvalue weighted by molar-refractivity contribution is 0.0600. The first-order chi connectivity index (χ1) is 7.51. The van der Waals surface area contributed by atoms with E-state index in [2.05, 4.69) is 11.3 Å². The fraction of sp³-hybridized carbons (Fsp3) is 0.308. The van der Waals surface area contributed by atoms with E-state index in [9.17, 15) is 4.79 Å². The molecule has 16 heavy (non-hydrogen) atoms. The molecule has 0 saturated carbocycles. The van der Waals surface area contributed by atoms with Crippen molar-refractivity contribution in [1.82, 2.24) is 0 Å². The number of carbonyl (C=O) groups is 1. The van der Waals surface area contributed by atoms with Gasteiger partial charge in [0.2, 0.25) is 0 Å². The van der Waals surface area contributed by atoms with Crippen molar-refractivity contribution in [3.05, 3.63) is 48.0 Å². The molecule has 1 rings (SSSR count). The molecule has 3 heteroatoms. The van der Waals surface area contributed by atoms with Gasteiger partial charge in [0.15, 0.2) is 0 Å². The third-order valence-corrected chi connectivity index (χ3v) is 2.53. The lowest BCUT2D eigenvalue weighted by Gasteiger charge is -2.23. The molecule has 0 aromatic heterocycles. The van der Waals surface area contributed by atoms with Crippen molar-refractivity contribution < 1.29 is 9.53 Å². The zero-order valence-electron chi connectivity index (χ0n) is 9.69. The molecular formula is C13H17NO2. The predicted molar refractivity (Wildman–Crippen MR) is 64.1 cm³/mol. The Morgan fingerprint density at radius 2 is 2.06 bits per heavy atom. The maximum Gasteiger partial charge on any atom is 0.337 e. The second kappa shape index (κ2) is 4.94. The second-order valence-corrected chi connectivity index (χ2v) is 3.98. The van der Waals surface area contributed by atoms with Gasteiger partial charge in [-0.25, -0.2) is 4.79 Å². The van der Waals surface area contributed by atoms with Crippen LogP contribution in [0.15, 0.2) is 36.9 Å². The number of rotatable bonds is 4. The molecule has 0 saturated heterocycles. The van der Waals surface area contributed by atoms with Crippen LogP contribution in [-0.2, 0) is 10.3 Å². The summed E-state index contributed by atoms with van der Waals surface area (Å²) in [7, 11) is 1.36. The van der Waals surface area contributed by atoms with E-state index < -0.39 is 5.54 Å². The van der Waals surface area contributed by atoms with Gasteiger partial charge in [0.05, 0.1) is 12.7 Å². The van der Waals surface area contributed by atoms with Crippen LogP contribution >= 0.6 is 0 Å². The number of ether oxygens (including phenoxy) is 1. The summed E-state index contributed by atoms with van der Waals surface area (Å²) in [5.74, 6) is -0.339. The Kier molecular flexibility index (Phi) is 3.85. The lowest BCUT2D eigenvalue weighted by atomic mass is 9.89. The third kappa shape index (κ3) is 2.70. The largest absolute Gasteiger partial charge is 0.465 e. The first-order valence-corrected chi connectivity index (χ1v) is 5.10. The first-order valence-electron chi connectivity index (χ1n) is 5.10. The Hall–Kier alpha value is -1.61. The predicted octanol–water partition coefficient (Wildman–Crippen LogP) is 2.22. The SMILES string of the molecule is C=CCC(C)(N)c1ccc(C(=O)OC)cc1. The van der Waals surface area contributed by atoms with Crippen LogP contribution < -0.4 is 5.73 Å². The van der Waals surface area contributed by atoms with Crippen molar-refractivity contribution in [2.45, 2.75) is 18.9 Å². The van der Waals surface area contributed by atoms with Gasteiger partial charge in [0, 0.05) is 5.54 Å². The molecule has 1 aromatic rings. The van der Waals surface area contributed by atoms with Gasteiger partial charge < -0.3 is 10.5 Å². The maximum atomic E-state index is 11.2. The quantitative estimate of drug-likeness (QED) is 0.624. The number of esters is 1. The standard InChI is InChI=1S/C13H17NO2/c1-4-9-13(2,14)11-7-5-10(6-8-11)12(15)16-3/h4-8H,1,9,14H2,2-3H3. The van der Waals surface area contributed by atoms with Gasteiger partial charge in [0.1, 0.15) is 0 Å². The highest BCUT2D eigenvalue weighted by Gasteiger charge is 2.19. The molecule has 1 unspecified atom stereocenters. The summed E-state index contributed by atoms with van der Waals surface area (Å²) in [6.07, 6.45) is 2.47. The number of hydrogen-bond acceptors (Lipinski definition) is 3. The van der Waals surface area contributed by atoms with E-state index in [0.29, 0.717) is 12.0 Å². The highest BCUT2D eigenvalue weighted by Crippen LogP contribution is 2.22. The van der Waals surface area contributed by atoms with Crippen molar-refractivity contribution in [2.24, 2.45) is 5.73 Å². The molecule has 0 amide bonds. The fourth-order valence-corrected chi connectivity index (χ4v) is 1.52. The van der Waals surface area contributed by atoms with Gasteiger partial charge in [-0.3, -0.25) is 0 Å². The minimum atomic E-state index is -0.448. The average molecular weight is 219 g/mol. The van der Waals surface area contributed by atoms with Crippen LogP contribution in [0, 0.1) is 0 Å². The Bertz CT molecular complexity index is 379. The highest BCUT2D eigenvalue weighted by molar-refractivity contribution is 5.89. The second-order valence-electron chi connectivity index (χ2n) is 3.98. The Morgan fingerprint density at radius 3 is 2.50 bits per heavy atom. The van der Waals surface area contributed by atoms with Crippen molar-refractivity contribution in [3.63, 3.8) is 0 Å². The van der Waals surface area contributed by atoms with Gasteiger partial charge in [-0.05, 0) is 31.0 Å². The summed E-state index contributed by atoms with van der Waals surface area (Å²) in [6.45, 7) is 5.61. The van der Waals surface area contributed by atoms with E-state index in [1.165, 1.54) is 7.11 Å². The van der Waals surface area contributed by atoms with Crippen LogP contribution in [0.4, 0.5) is 0 Å². The molecular weight excluding hydrogens is 202 g/mol. The van der Waals surface area contributed by atoms with Crippen LogP contribution in [0.1, 0.15) is 29.3 Å². The molecule has 3 nitrogen and oxygen atoms in total.